The number of ether oxygens (including phenoxy) is 2. The van der Waals surface area contributed by atoms with Crippen molar-refractivity contribution >= 4 is 40.9 Å². The molecule has 12 heteroatoms. The first kappa shape index (κ1) is 28.7. The lowest BCUT2D eigenvalue weighted by Gasteiger charge is -2.19. The Morgan fingerprint density at radius 1 is 0.780 bits per heavy atom. The van der Waals surface area contributed by atoms with Crippen molar-refractivity contribution in [3.63, 3.8) is 0 Å². The Morgan fingerprint density at radius 2 is 1.37 bits per heavy atom. The molecular formula is C29H31N5O7. The zero-order valence-electron chi connectivity index (χ0n) is 23.5. The third kappa shape index (κ3) is 7.04. The van der Waals surface area contributed by atoms with Crippen LogP contribution in [-0.4, -0.2) is 45.7 Å². The zero-order valence-corrected chi connectivity index (χ0v) is 23.5. The summed E-state index contributed by atoms with van der Waals surface area (Å²) < 4.78 is 18.6. The van der Waals surface area contributed by atoms with Gasteiger partial charge in [0, 0.05) is 37.7 Å². The van der Waals surface area contributed by atoms with E-state index in [1.807, 2.05) is 0 Å². The van der Waals surface area contributed by atoms with E-state index in [-0.39, 0.29) is 11.5 Å². The second kappa shape index (κ2) is 11.5. The van der Waals surface area contributed by atoms with Crippen molar-refractivity contribution in [3.05, 3.63) is 78.1 Å². The normalized spacial score (nSPS) is 11.1. The molecule has 3 heterocycles. The van der Waals surface area contributed by atoms with E-state index in [1.165, 1.54) is 19.2 Å². The number of amides is 3. The van der Waals surface area contributed by atoms with Gasteiger partial charge in [-0.15, -0.1) is 0 Å². The van der Waals surface area contributed by atoms with E-state index < -0.39 is 29.5 Å². The molecule has 3 N–H and O–H groups in total. The van der Waals surface area contributed by atoms with Crippen LogP contribution < -0.4 is 16.0 Å². The van der Waals surface area contributed by atoms with Crippen molar-refractivity contribution in [3.8, 4) is 11.3 Å². The highest BCUT2D eigenvalue weighted by Crippen LogP contribution is 2.26. The molecule has 0 atom stereocenters. The second-order valence-corrected chi connectivity index (χ2v) is 10.2. The number of aryl methyl sites for hydroxylation is 2. The number of rotatable bonds is 7. The minimum atomic E-state index is -0.658. The van der Waals surface area contributed by atoms with Crippen LogP contribution in [0.2, 0.25) is 0 Å². The highest BCUT2D eigenvalue weighted by molar-refractivity contribution is 6.07. The van der Waals surface area contributed by atoms with Gasteiger partial charge in [-0.1, -0.05) is 12.1 Å². The van der Waals surface area contributed by atoms with Gasteiger partial charge >= 0.3 is 12.1 Å². The molecule has 12 nitrogen and oxygen atoms in total. The Hall–Kier alpha value is -5.26. The lowest BCUT2D eigenvalue weighted by molar-refractivity contribution is 0.0564. The first-order chi connectivity index (χ1) is 19.3. The van der Waals surface area contributed by atoms with Crippen LogP contribution in [0.15, 0.2) is 65.3 Å². The first-order valence-corrected chi connectivity index (χ1v) is 12.6. The van der Waals surface area contributed by atoms with E-state index in [0.29, 0.717) is 34.1 Å². The molecule has 0 aliphatic carbocycles. The Kier molecular flexibility index (Phi) is 8.03. The third-order valence-electron chi connectivity index (χ3n) is 5.78. The van der Waals surface area contributed by atoms with E-state index in [2.05, 4.69) is 20.7 Å². The number of carbonyl (C=O) groups excluding carboxylic acids is 4. The third-order valence-corrected chi connectivity index (χ3v) is 5.78. The number of aromatic nitrogens is 2. The number of benzene rings is 1. The molecule has 1 aromatic carbocycles. The van der Waals surface area contributed by atoms with Gasteiger partial charge in [-0.3, -0.25) is 14.9 Å². The number of nitrogens with one attached hydrogen (secondary N) is 3. The lowest BCUT2D eigenvalue weighted by Crippen LogP contribution is -2.27. The monoisotopic (exact) mass is 561 g/mol. The summed E-state index contributed by atoms with van der Waals surface area (Å²) in [5, 5.41) is 8.22. The van der Waals surface area contributed by atoms with Gasteiger partial charge in [0.15, 0.2) is 0 Å². The number of hydrogen-bond acceptors (Lipinski definition) is 7. The summed E-state index contributed by atoms with van der Waals surface area (Å²) in [6.45, 7) is 5.27. The highest BCUT2D eigenvalue weighted by Gasteiger charge is 2.20. The standard InChI is InChI=1S/C29H31N5O7/c1-29(2,3)41-28(38)32-20-14-22(34(5)16-20)26(36)31-19-13-21(33(4)15-19)25(35)30-18-9-7-8-17(12-18)23-10-11-24(40-23)27(37)39-6/h7-16H,1-6H3,(H,30,35)(H,31,36)(H,32,38). The van der Waals surface area contributed by atoms with Gasteiger partial charge in [-0.2, -0.15) is 0 Å². The molecule has 214 valence electrons. The van der Waals surface area contributed by atoms with Crippen LogP contribution in [-0.2, 0) is 23.6 Å². The molecule has 0 radical (unpaired) electrons. The van der Waals surface area contributed by atoms with Gasteiger partial charge in [-0.05, 0) is 57.2 Å². The average molecular weight is 562 g/mol. The molecule has 0 aliphatic rings. The summed E-state index contributed by atoms with van der Waals surface area (Å²) >= 11 is 0. The van der Waals surface area contributed by atoms with Crippen molar-refractivity contribution in [2.24, 2.45) is 14.1 Å². The average Bonchev–Trinajstić information content (AvgIpc) is 3.61. The maximum absolute atomic E-state index is 13.1. The summed E-state index contributed by atoms with van der Waals surface area (Å²) in [6.07, 6.45) is 2.58. The summed E-state index contributed by atoms with van der Waals surface area (Å²) in [6, 6.07) is 13.2. The summed E-state index contributed by atoms with van der Waals surface area (Å²) in [7, 11) is 4.63. The van der Waals surface area contributed by atoms with Crippen LogP contribution in [0.4, 0.5) is 21.9 Å². The second-order valence-electron chi connectivity index (χ2n) is 10.2. The van der Waals surface area contributed by atoms with Gasteiger partial charge in [0.1, 0.15) is 22.7 Å². The SMILES string of the molecule is COC(=O)c1ccc(-c2cccc(NC(=O)c3cc(NC(=O)c4cc(NC(=O)OC(C)(C)C)cn4C)cn3C)c2)o1. The van der Waals surface area contributed by atoms with Crippen molar-refractivity contribution in [2.75, 3.05) is 23.1 Å². The maximum atomic E-state index is 13.1. The lowest BCUT2D eigenvalue weighted by atomic mass is 10.1. The highest BCUT2D eigenvalue weighted by atomic mass is 16.6. The molecule has 0 fully saturated rings. The summed E-state index contributed by atoms with van der Waals surface area (Å²) in [4.78, 5) is 49.8. The van der Waals surface area contributed by atoms with Gasteiger partial charge in [0.25, 0.3) is 11.8 Å². The molecule has 4 aromatic rings. The van der Waals surface area contributed by atoms with Crippen molar-refractivity contribution in [2.45, 2.75) is 26.4 Å². The fourth-order valence-corrected chi connectivity index (χ4v) is 3.98. The molecule has 0 saturated heterocycles. The van der Waals surface area contributed by atoms with Crippen molar-refractivity contribution in [1.29, 1.82) is 0 Å². The smallest absolute Gasteiger partial charge is 0.412 e. The molecule has 3 amide bonds. The predicted octanol–water partition coefficient (Wildman–Crippen LogP) is 5.26. The molecule has 4 rings (SSSR count). The Labute approximate surface area is 236 Å². The summed E-state index contributed by atoms with van der Waals surface area (Å²) in [5.74, 6) is -0.906. The number of nitrogens with zero attached hydrogens (tertiary/aromatic N) is 2. The van der Waals surface area contributed by atoms with Gasteiger partial charge in [0.05, 0.1) is 18.5 Å². The maximum Gasteiger partial charge on any atom is 0.412 e. The number of hydrogen-bond donors (Lipinski definition) is 3. The van der Waals surface area contributed by atoms with E-state index in [9.17, 15) is 19.2 Å². The minimum absolute atomic E-state index is 0.0706. The fourth-order valence-electron chi connectivity index (χ4n) is 3.98. The van der Waals surface area contributed by atoms with Crippen LogP contribution in [0.25, 0.3) is 11.3 Å². The molecule has 0 unspecified atom stereocenters. The fraction of sp³-hybridized carbons (Fsp3) is 0.241. The summed E-state index contributed by atoms with van der Waals surface area (Å²) in [5.41, 5.74) is 1.90. The quantitative estimate of drug-likeness (QED) is 0.261. The minimum Gasteiger partial charge on any atom is -0.463 e. The Balaban J connectivity index is 1.42. The molecule has 0 spiro atoms. The van der Waals surface area contributed by atoms with Gasteiger partial charge < -0.3 is 33.7 Å². The Bertz CT molecular complexity index is 1620. The van der Waals surface area contributed by atoms with Gasteiger partial charge in [-0.25, -0.2) is 9.59 Å². The van der Waals surface area contributed by atoms with E-state index >= 15 is 0 Å². The van der Waals surface area contributed by atoms with Crippen LogP contribution in [0.1, 0.15) is 52.3 Å². The van der Waals surface area contributed by atoms with Crippen LogP contribution in [0.5, 0.6) is 0 Å². The number of esters is 1. The molecular weight excluding hydrogens is 530 g/mol. The van der Waals surface area contributed by atoms with Gasteiger partial charge in [0.2, 0.25) is 5.76 Å². The molecule has 41 heavy (non-hydrogen) atoms. The van der Waals surface area contributed by atoms with Crippen molar-refractivity contribution < 1.29 is 33.1 Å². The number of carbonyl (C=O) groups is 4. The number of methoxy groups -OCH3 is 1. The number of anilines is 3. The van der Waals surface area contributed by atoms with E-state index in [4.69, 9.17) is 9.15 Å². The van der Waals surface area contributed by atoms with E-state index in [1.54, 1.807) is 92.8 Å². The largest absolute Gasteiger partial charge is 0.463 e. The van der Waals surface area contributed by atoms with E-state index in [0.717, 1.165) is 0 Å². The van der Waals surface area contributed by atoms with Crippen LogP contribution in [0.3, 0.4) is 0 Å². The topological polar surface area (TPSA) is 146 Å². The van der Waals surface area contributed by atoms with Crippen LogP contribution >= 0.6 is 0 Å². The molecule has 0 bridgehead atoms. The molecule has 0 saturated carbocycles. The molecule has 3 aromatic heterocycles. The first-order valence-electron chi connectivity index (χ1n) is 12.6. The van der Waals surface area contributed by atoms with Crippen LogP contribution in [0, 0.1) is 0 Å². The predicted molar refractivity (Wildman–Crippen MR) is 152 cm³/mol. The zero-order chi connectivity index (χ0) is 29.9. The van der Waals surface area contributed by atoms with Crippen molar-refractivity contribution in [1.82, 2.24) is 9.13 Å². The Morgan fingerprint density at radius 3 is 1.95 bits per heavy atom. The number of furan rings is 1. The molecule has 0 aliphatic heterocycles.